The van der Waals surface area contributed by atoms with Crippen LogP contribution in [-0.2, 0) is 0 Å². The summed E-state index contributed by atoms with van der Waals surface area (Å²) in [5, 5.41) is 3.61. The summed E-state index contributed by atoms with van der Waals surface area (Å²) in [5.74, 6) is 2.22. The van der Waals surface area contributed by atoms with E-state index in [2.05, 4.69) is 37.9 Å². The molecule has 1 aliphatic heterocycles. The predicted molar refractivity (Wildman–Crippen MR) is 112 cm³/mol. The highest BCUT2D eigenvalue weighted by Crippen LogP contribution is 2.43. The largest absolute Gasteiger partial charge is 0.496 e. The Kier molecular flexibility index (Phi) is 5.42. The minimum Gasteiger partial charge on any atom is -0.496 e. The van der Waals surface area contributed by atoms with Crippen molar-refractivity contribution in [3.05, 3.63) is 66.5 Å². The van der Waals surface area contributed by atoms with Crippen LogP contribution in [0.25, 0.3) is 16.7 Å². The number of methoxy groups -OCH3 is 1. The van der Waals surface area contributed by atoms with Crippen molar-refractivity contribution in [3.8, 4) is 16.9 Å². The van der Waals surface area contributed by atoms with Gasteiger partial charge >= 0.3 is 0 Å². The molecule has 0 fully saturated rings. The Bertz CT molecular complexity index is 857. The van der Waals surface area contributed by atoms with E-state index < -0.39 is 0 Å². The maximum atomic E-state index is 13.9. The number of ether oxygens (including phenoxy) is 1. The van der Waals surface area contributed by atoms with Crippen LogP contribution in [0.15, 0.2) is 55.1 Å². The summed E-state index contributed by atoms with van der Waals surface area (Å²) in [4.78, 5) is 0. The third-order valence-electron chi connectivity index (χ3n) is 4.34. The normalized spacial score (nSPS) is 14.8. The Balaban J connectivity index is 2.13. The Morgan fingerprint density at radius 2 is 1.96 bits per heavy atom. The number of hydrogen-bond acceptors (Lipinski definition) is 3. The van der Waals surface area contributed by atoms with Crippen LogP contribution in [0.1, 0.15) is 19.4 Å². The second-order valence-electron chi connectivity index (χ2n) is 6.89. The van der Waals surface area contributed by atoms with Crippen LogP contribution >= 0.6 is 11.8 Å². The molecule has 2 aromatic rings. The van der Waals surface area contributed by atoms with E-state index >= 15 is 0 Å². The lowest BCUT2D eigenvalue weighted by molar-refractivity contribution is 0.415. The Hall–Kier alpha value is -2.20. The predicted octanol–water partition coefficient (Wildman–Crippen LogP) is 6.01. The number of halogens is 1. The summed E-state index contributed by atoms with van der Waals surface area (Å²) < 4.78 is 19.4. The quantitative estimate of drug-likeness (QED) is 0.498. The molecule has 1 N–H and O–H groups in total. The Labute approximate surface area is 159 Å². The van der Waals surface area contributed by atoms with Gasteiger partial charge in [-0.2, -0.15) is 11.8 Å². The molecule has 1 heterocycles. The number of hydrogen-bond donors (Lipinski definition) is 1. The highest BCUT2D eigenvalue weighted by atomic mass is 32.2. The molecule has 26 heavy (non-hydrogen) atoms. The van der Waals surface area contributed by atoms with Gasteiger partial charge in [0.1, 0.15) is 11.6 Å². The Morgan fingerprint density at radius 3 is 2.69 bits per heavy atom. The molecule has 0 atom stereocenters. The van der Waals surface area contributed by atoms with Crippen LogP contribution in [0.3, 0.4) is 0 Å². The number of anilines is 1. The molecule has 2 nitrogen and oxygen atoms in total. The zero-order valence-corrected chi connectivity index (χ0v) is 16.3. The van der Waals surface area contributed by atoms with Gasteiger partial charge < -0.3 is 10.1 Å². The van der Waals surface area contributed by atoms with Gasteiger partial charge in [-0.1, -0.05) is 30.4 Å². The lowest BCUT2D eigenvalue weighted by Gasteiger charge is -2.34. The number of benzene rings is 2. The monoisotopic (exact) mass is 369 g/mol. The van der Waals surface area contributed by atoms with Crippen molar-refractivity contribution in [1.29, 1.82) is 0 Å². The number of fused-ring (bicyclic) bond motifs is 1. The van der Waals surface area contributed by atoms with Crippen molar-refractivity contribution in [2.45, 2.75) is 19.4 Å². The van der Waals surface area contributed by atoms with Gasteiger partial charge in [0.25, 0.3) is 0 Å². The molecular weight excluding hydrogens is 345 g/mol. The fourth-order valence-corrected chi connectivity index (χ4v) is 4.06. The second-order valence-corrected chi connectivity index (χ2v) is 7.92. The maximum absolute atomic E-state index is 13.9. The van der Waals surface area contributed by atoms with Crippen molar-refractivity contribution >= 4 is 23.0 Å². The van der Waals surface area contributed by atoms with E-state index in [1.54, 1.807) is 13.2 Å². The highest BCUT2D eigenvalue weighted by molar-refractivity contribution is 7.99. The average molecular weight is 370 g/mol. The summed E-state index contributed by atoms with van der Waals surface area (Å²) in [7, 11) is 1.61. The molecule has 0 bridgehead atoms. The van der Waals surface area contributed by atoms with Gasteiger partial charge in [0.2, 0.25) is 0 Å². The number of rotatable bonds is 6. The first-order valence-electron chi connectivity index (χ1n) is 8.61. The van der Waals surface area contributed by atoms with E-state index in [4.69, 9.17) is 4.74 Å². The lowest BCUT2D eigenvalue weighted by Crippen LogP contribution is -2.32. The summed E-state index contributed by atoms with van der Waals surface area (Å²) in [6.45, 7) is 8.09. The highest BCUT2D eigenvalue weighted by Gasteiger charge is 2.27. The molecule has 0 spiro atoms. The maximum Gasteiger partial charge on any atom is 0.126 e. The van der Waals surface area contributed by atoms with E-state index in [1.807, 2.05) is 30.0 Å². The van der Waals surface area contributed by atoms with Crippen molar-refractivity contribution in [2.24, 2.45) is 0 Å². The van der Waals surface area contributed by atoms with Gasteiger partial charge in [-0.25, -0.2) is 4.39 Å². The van der Waals surface area contributed by atoms with Crippen molar-refractivity contribution in [3.63, 3.8) is 0 Å². The van der Waals surface area contributed by atoms with Crippen LogP contribution < -0.4 is 10.1 Å². The molecule has 0 radical (unpaired) electrons. The summed E-state index contributed by atoms with van der Waals surface area (Å²) in [6.07, 6.45) is 4.20. The van der Waals surface area contributed by atoms with Crippen LogP contribution in [0, 0.1) is 5.82 Å². The third kappa shape index (κ3) is 3.80. The van der Waals surface area contributed by atoms with Gasteiger partial charge in [0, 0.05) is 28.2 Å². The molecule has 0 aliphatic carbocycles. The smallest absolute Gasteiger partial charge is 0.126 e. The summed E-state index contributed by atoms with van der Waals surface area (Å²) >= 11 is 1.84. The van der Waals surface area contributed by atoms with Crippen molar-refractivity contribution < 1.29 is 9.13 Å². The van der Waals surface area contributed by atoms with Crippen LogP contribution in [-0.4, -0.2) is 24.2 Å². The molecule has 4 heteroatoms. The molecular formula is C22H24FNOS. The van der Waals surface area contributed by atoms with Gasteiger partial charge in [0.15, 0.2) is 0 Å². The first-order valence-corrected chi connectivity index (χ1v) is 9.76. The summed E-state index contributed by atoms with van der Waals surface area (Å²) in [5.41, 5.74) is 4.99. The molecule has 1 aliphatic rings. The van der Waals surface area contributed by atoms with Crippen molar-refractivity contribution in [1.82, 2.24) is 0 Å². The first-order chi connectivity index (χ1) is 12.4. The van der Waals surface area contributed by atoms with Crippen LogP contribution in [0.5, 0.6) is 5.75 Å². The van der Waals surface area contributed by atoms with Gasteiger partial charge in [-0.15, -0.1) is 6.58 Å². The Morgan fingerprint density at radius 1 is 1.19 bits per heavy atom. The van der Waals surface area contributed by atoms with E-state index in [0.29, 0.717) is 5.75 Å². The molecule has 136 valence electrons. The number of thioether (sulfide) groups is 1. The lowest BCUT2D eigenvalue weighted by atomic mass is 9.87. The molecule has 0 amide bonds. The van der Waals surface area contributed by atoms with E-state index in [1.165, 1.54) is 17.7 Å². The molecule has 3 rings (SSSR count). The molecule has 0 saturated carbocycles. The molecule has 0 saturated heterocycles. The minimum atomic E-state index is -0.272. The van der Waals surface area contributed by atoms with Crippen molar-refractivity contribution in [2.75, 3.05) is 23.9 Å². The third-order valence-corrected chi connectivity index (χ3v) is 5.32. The van der Waals surface area contributed by atoms with Crippen LogP contribution in [0.2, 0.25) is 0 Å². The molecule has 0 aromatic heterocycles. The summed E-state index contributed by atoms with van der Waals surface area (Å²) in [6, 6.07) is 10.8. The van der Waals surface area contributed by atoms with Gasteiger partial charge in [-0.3, -0.25) is 0 Å². The second kappa shape index (κ2) is 7.58. The van der Waals surface area contributed by atoms with Crippen LogP contribution in [0.4, 0.5) is 10.1 Å². The van der Waals surface area contributed by atoms with Gasteiger partial charge in [-0.05, 0) is 37.6 Å². The zero-order valence-electron chi connectivity index (χ0n) is 15.4. The fraction of sp³-hybridized carbons (Fsp3) is 0.273. The number of para-hydroxylation sites is 1. The van der Waals surface area contributed by atoms with E-state index in [-0.39, 0.29) is 11.4 Å². The van der Waals surface area contributed by atoms with E-state index in [0.717, 1.165) is 33.9 Å². The number of nitrogens with one attached hydrogen (secondary N) is 1. The zero-order chi connectivity index (χ0) is 18.7. The molecule has 0 unspecified atom stereocenters. The SMILES string of the molecule is C=CCSCC1=CC(C)(C)Nc2c1cccc2-c1cc(F)ccc1OC. The average Bonchev–Trinajstić information content (AvgIpc) is 2.60. The van der Waals surface area contributed by atoms with E-state index in [9.17, 15) is 4.39 Å². The molecule has 2 aromatic carbocycles. The first kappa shape index (κ1) is 18.6. The standard InChI is InChI=1S/C22H24FNOS/c1-5-11-26-14-15-13-22(2,3)24-21-17(15)7-6-8-18(21)19-12-16(23)9-10-20(19)25-4/h5-10,12-13,24H,1,11,14H2,2-4H3. The minimum absolute atomic E-state index is 0.187. The topological polar surface area (TPSA) is 21.3 Å². The fourth-order valence-electron chi connectivity index (χ4n) is 3.31. The van der Waals surface area contributed by atoms with Gasteiger partial charge in [0.05, 0.1) is 18.3 Å².